The van der Waals surface area contributed by atoms with Crippen molar-refractivity contribution in [3.05, 3.63) is 155 Å². The molecule has 92 heavy (non-hydrogen) atoms. The van der Waals surface area contributed by atoms with E-state index in [1.54, 1.807) is 69.9 Å². The monoisotopic (exact) mass is 1320 g/mol. The van der Waals surface area contributed by atoms with Gasteiger partial charge in [-0.1, -0.05) is 12.1 Å². The van der Waals surface area contributed by atoms with Crippen LogP contribution in [0.2, 0.25) is 0 Å². The topological polar surface area (TPSA) is 324 Å². The normalized spacial score (nSPS) is 13.7. The van der Waals surface area contributed by atoms with Crippen LogP contribution >= 0.6 is 11.8 Å². The number of anilines is 6. The summed E-state index contributed by atoms with van der Waals surface area (Å²) in [5, 5.41) is 11.1. The van der Waals surface area contributed by atoms with Gasteiger partial charge in [-0.2, -0.15) is 0 Å². The molecule has 0 bridgehead atoms. The minimum Gasteiger partial charge on any atom is -0.379 e. The molecule has 2 saturated heterocycles. The van der Waals surface area contributed by atoms with Gasteiger partial charge < -0.3 is 30.7 Å². The largest absolute Gasteiger partial charge is 0.379 e. The van der Waals surface area contributed by atoms with Crippen molar-refractivity contribution in [2.75, 3.05) is 121 Å². The summed E-state index contributed by atoms with van der Waals surface area (Å²) in [7, 11) is -8.27. The van der Waals surface area contributed by atoms with Gasteiger partial charge in [0.25, 0.3) is 26.0 Å². The number of hydrogen-bond donors (Lipinski definition) is 10. The molecule has 0 spiro atoms. The molecule has 2 aliphatic heterocycles. The zero-order chi connectivity index (χ0) is 65.6. The molecule has 0 aliphatic carbocycles. The Hall–Kier alpha value is -8.71. The van der Waals surface area contributed by atoms with E-state index in [2.05, 4.69) is 62.2 Å². The number of thioether (sulfide) groups is 1. The zero-order valence-electron chi connectivity index (χ0n) is 51.9. The average Bonchev–Trinajstić information content (AvgIpc) is 0.824. The Morgan fingerprint density at radius 2 is 0.957 bits per heavy atom. The highest BCUT2D eigenvalue weighted by atomic mass is 32.2. The number of pyridine rings is 2. The number of nitrogens with zero attached hydrogens (tertiary/aromatic N) is 4. The fourth-order valence-corrected chi connectivity index (χ4v) is 13.6. The van der Waals surface area contributed by atoms with E-state index in [1.165, 1.54) is 60.7 Å². The van der Waals surface area contributed by atoms with Gasteiger partial charge in [-0.25, -0.2) is 26.0 Å². The van der Waals surface area contributed by atoms with E-state index >= 15 is 0 Å². The number of sulfonamides is 2. The van der Waals surface area contributed by atoms with Gasteiger partial charge in [0.05, 0.1) is 65.5 Å². The van der Waals surface area contributed by atoms with Crippen molar-refractivity contribution in [2.24, 2.45) is 0 Å². The van der Waals surface area contributed by atoms with Gasteiger partial charge in [-0.15, -0.1) is 11.8 Å². The SMILES string of the molecule is Cc1ccc(S(=O)(=O)Nc2ccc(NNC(=O)C(=O)NCCCN3CCOCC3)cc2)c(C)c1NC(=O)Cc1ccc[n+](CCSCC[n+]2cccc(C(=O)Nc3c(C)ccc(S(=O)(=O)Nc4ccc(NNC(=O)C(=O)NCCCN5CCOCC5)cc4)c3C)c2)c1. The molecule has 6 amide bonds. The molecule has 0 saturated carbocycles. The zero-order valence-corrected chi connectivity index (χ0v) is 54.3. The van der Waals surface area contributed by atoms with Gasteiger partial charge in [-0.05, 0) is 149 Å². The molecule has 4 heterocycles. The highest BCUT2D eigenvalue weighted by molar-refractivity contribution is 7.99. The number of ether oxygens (including phenoxy) is 2. The van der Waals surface area contributed by atoms with Crippen molar-refractivity contribution >= 4 is 101 Å². The number of nitrogens with one attached hydrogen (secondary N) is 10. The van der Waals surface area contributed by atoms with Gasteiger partial charge in [-0.3, -0.25) is 69.7 Å². The lowest BCUT2D eigenvalue weighted by Gasteiger charge is -2.26. The number of carbonyl (C=O) groups is 6. The van der Waals surface area contributed by atoms with Gasteiger partial charge in [0.1, 0.15) is 5.56 Å². The number of aryl methyl sites for hydroxylation is 4. The Kier molecular flexibility index (Phi) is 25.2. The van der Waals surface area contributed by atoms with Crippen molar-refractivity contribution in [3.63, 3.8) is 0 Å². The Morgan fingerprint density at radius 3 is 1.43 bits per heavy atom. The Labute approximate surface area is 540 Å². The molecule has 29 heteroatoms. The summed E-state index contributed by atoms with van der Waals surface area (Å²) >= 11 is 1.71. The van der Waals surface area contributed by atoms with Crippen molar-refractivity contribution < 1.29 is 64.2 Å². The standard InChI is InChI=1S/C63H78N14O12S3/c1-44-11-21-54(91(84,85)72-52-17-13-50(14-18-52)68-70-62(82)60(80)64-23-7-27-74-29-35-88-36-30-74)46(3)57(44)66-56(78)41-48-9-5-25-76(42-48)33-39-90-40-34-77-26-6-10-49(43-77)59(79)67-58-45(2)12-22-55(47(58)4)92(86,87)73-53-19-15-51(16-20-53)69-71-63(83)61(81)65-24-8-28-75-31-37-89-38-32-75/h5-6,9-22,25-26,42-43H,7-8,23-24,27-41H2,1-4H3,(H8-2,64,65,66,67,68,69,70,71,72,73,78,79,80,81,82,83)/p+2. The minimum absolute atomic E-state index is 0.0250. The molecule has 2 aromatic heterocycles. The lowest BCUT2D eigenvalue weighted by Crippen LogP contribution is -2.43. The molecule has 26 nitrogen and oxygen atoms in total. The van der Waals surface area contributed by atoms with E-state index in [4.69, 9.17) is 9.47 Å². The molecular formula is C63H80N14O12S3+2. The van der Waals surface area contributed by atoms with Crippen LogP contribution in [0.5, 0.6) is 0 Å². The van der Waals surface area contributed by atoms with Crippen LogP contribution in [0.3, 0.4) is 0 Å². The summed E-state index contributed by atoms with van der Waals surface area (Å²) in [5.41, 5.74) is 15.2. The number of hydrazine groups is 2. The van der Waals surface area contributed by atoms with Crippen LogP contribution in [-0.2, 0) is 73.0 Å². The summed E-state index contributed by atoms with van der Waals surface area (Å²) in [4.78, 5) is 81.0. The second-order valence-corrected chi connectivity index (χ2v) is 26.5. The Morgan fingerprint density at radius 1 is 0.522 bits per heavy atom. The third kappa shape index (κ3) is 20.7. The maximum absolute atomic E-state index is 13.8. The molecule has 2 fully saturated rings. The highest BCUT2D eigenvalue weighted by Gasteiger charge is 2.25. The van der Waals surface area contributed by atoms with Crippen molar-refractivity contribution in [2.45, 2.75) is 69.8 Å². The first-order valence-corrected chi connectivity index (χ1v) is 34.2. The summed E-state index contributed by atoms with van der Waals surface area (Å²) in [6.45, 7) is 16.4. The molecule has 4 aromatic carbocycles. The average molecular weight is 1320 g/mol. The number of aromatic nitrogens is 2. The van der Waals surface area contributed by atoms with Crippen LogP contribution in [0.15, 0.2) is 132 Å². The van der Waals surface area contributed by atoms with E-state index in [-0.39, 0.29) is 33.5 Å². The minimum atomic E-state index is -4.14. The van der Waals surface area contributed by atoms with Gasteiger partial charge in [0.15, 0.2) is 37.9 Å². The van der Waals surface area contributed by atoms with Crippen LogP contribution in [0.4, 0.5) is 34.1 Å². The molecule has 490 valence electrons. The van der Waals surface area contributed by atoms with Crippen LogP contribution in [-0.4, -0.2) is 152 Å². The van der Waals surface area contributed by atoms with Crippen LogP contribution in [0, 0.1) is 27.7 Å². The van der Waals surface area contributed by atoms with Crippen molar-refractivity contribution in [3.8, 4) is 0 Å². The van der Waals surface area contributed by atoms with Crippen molar-refractivity contribution in [1.82, 2.24) is 31.3 Å². The second kappa shape index (κ2) is 33.6. The number of hydrogen-bond acceptors (Lipinski definition) is 17. The summed E-state index contributed by atoms with van der Waals surface area (Å²) < 4.78 is 74.7. The maximum Gasteiger partial charge on any atom is 0.327 e. The van der Waals surface area contributed by atoms with Gasteiger partial charge in [0, 0.05) is 79.7 Å². The fourth-order valence-electron chi connectivity index (χ4n) is 10.1. The van der Waals surface area contributed by atoms with E-state index in [9.17, 15) is 45.6 Å². The molecule has 0 radical (unpaired) electrons. The van der Waals surface area contributed by atoms with Crippen LogP contribution < -0.4 is 61.5 Å². The quantitative estimate of drug-likeness (QED) is 0.0139. The Bertz CT molecular complexity index is 3810. The maximum atomic E-state index is 13.8. The number of carbonyl (C=O) groups excluding carboxylic acids is 6. The summed E-state index contributed by atoms with van der Waals surface area (Å²) in [6, 6.07) is 25.5. The third-order valence-corrected chi connectivity index (χ3v) is 19.1. The predicted octanol–water partition coefficient (Wildman–Crippen LogP) is 3.53. The third-order valence-electron chi connectivity index (χ3n) is 15.1. The smallest absolute Gasteiger partial charge is 0.327 e. The predicted molar refractivity (Wildman–Crippen MR) is 351 cm³/mol. The van der Waals surface area contributed by atoms with E-state index in [0.717, 1.165) is 56.3 Å². The molecule has 10 N–H and O–H groups in total. The van der Waals surface area contributed by atoms with Gasteiger partial charge >= 0.3 is 23.6 Å². The molecule has 0 unspecified atom stereocenters. The fraction of sp³-hybridized carbons (Fsp3) is 0.365. The Balaban J connectivity index is 0.746. The molecule has 2 aliphatic rings. The lowest BCUT2D eigenvalue weighted by molar-refractivity contribution is -0.693. The summed E-state index contributed by atoms with van der Waals surface area (Å²) in [5.74, 6) is -2.60. The molecule has 6 aromatic rings. The first kappa shape index (κ1) is 69.2. The van der Waals surface area contributed by atoms with Gasteiger partial charge in [0.2, 0.25) is 5.91 Å². The highest BCUT2D eigenvalue weighted by Crippen LogP contribution is 2.31. The van der Waals surface area contributed by atoms with Crippen LogP contribution in [0.25, 0.3) is 0 Å². The first-order valence-electron chi connectivity index (χ1n) is 30.1. The van der Waals surface area contributed by atoms with E-state index in [1.807, 2.05) is 39.9 Å². The number of morpholine rings is 2. The van der Waals surface area contributed by atoms with Crippen LogP contribution in [0.1, 0.15) is 51.0 Å². The first-order chi connectivity index (χ1) is 44.2. The molecule has 8 rings (SSSR count). The van der Waals surface area contributed by atoms with E-state index < -0.39 is 49.6 Å². The second-order valence-electron chi connectivity index (χ2n) is 22.0. The number of rotatable bonds is 29. The van der Waals surface area contributed by atoms with Crippen molar-refractivity contribution in [1.29, 1.82) is 0 Å². The number of amides is 6. The lowest BCUT2D eigenvalue weighted by atomic mass is 10.1. The summed E-state index contributed by atoms with van der Waals surface area (Å²) in [6.07, 6.45) is 8.83. The number of benzene rings is 4. The molecule has 0 atom stereocenters. The molecular weight excluding hydrogens is 1240 g/mol. The van der Waals surface area contributed by atoms with E-state index in [0.29, 0.717) is 116 Å².